The maximum Gasteiger partial charge on any atom is 0.216 e. The van der Waals surface area contributed by atoms with Gasteiger partial charge in [0.05, 0.1) is 5.54 Å². The number of aliphatic imine (C=N–C) groups is 1. The van der Waals surface area contributed by atoms with Gasteiger partial charge in [-0.2, -0.15) is 10.5 Å². The minimum atomic E-state index is -0.177. The molecule has 20 heavy (non-hydrogen) atoms. The van der Waals surface area contributed by atoms with Gasteiger partial charge in [-0.25, -0.2) is 4.99 Å². The maximum absolute atomic E-state index is 8.63. The third kappa shape index (κ3) is 3.15. The Morgan fingerprint density at radius 1 is 1.30 bits per heavy atom. The quantitative estimate of drug-likeness (QED) is 0.852. The minimum Gasteiger partial charge on any atom is -0.475 e. The van der Waals surface area contributed by atoms with Crippen molar-refractivity contribution in [2.75, 3.05) is 11.9 Å². The molecule has 0 aliphatic carbocycles. The number of hydrogen-bond acceptors (Lipinski definition) is 5. The predicted octanol–water partition coefficient (Wildman–Crippen LogP) is 2.58. The number of anilines is 1. The molecule has 0 spiro atoms. The SMILES string of the molecule is CC1(C)COC(c2ccc(NC=C(C#N)C#N)cc2)=N1. The summed E-state index contributed by atoms with van der Waals surface area (Å²) < 4.78 is 5.56. The Balaban J connectivity index is 2.11. The summed E-state index contributed by atoms with van der Waals surface area (Å²) in [4.78, 5) is 4.50. The summed E-state index contributed by atoms with van der Waals surface area (Å²) in [6.07, 6.45) is 1.38. The summed E-state index contributed by atoms with van der Waals surface area (Å²) in [5, 5.41) is 20.1. The highest BCUT2D eigenvalue weighted by atomic mass is 16.5. The molecule has 5 heteroatoms. The van der Waals surface area contributed by atoms with Crippen LogP contribution in [0.3, 0.4) is 0 Å². The van der Waals surface area contributed by atoms with Crippen LogP contribution in [0.25, 0.3) is 0 Å². The Labute approximate surface area is 117 Å². The minimum absolute atomic E-state index is 0.0272. The zero-order valence-electron chi connectivity index (χ0n) is 11.3. The van der Waals surface area contributed by atoms with Crippen molar-refractivity contribution in [1.82, 2.24) is 0 Å². The van der Waals surface area contributed by atoms with Crippen molar-refractivity contribution in [1.29, 1.82) is 10.5 Å². The first-order chi connectivity index (χ1) is 9.54. The Kier molecular flexibility index (Phi) is 3.72. The van der Waals surface area contributed by atoms with Gasteiger partial charge in [0.15, 0.2) is 0 Å². The van der Waals surface area contributed by atoms with E-state index in [1.54, 1.807) is 12.1 Å². The molecule has 1 aromatic carbocycles. The number of nitrogens with one attached hydrogen (secondary N) is 1. The summed E-state index contributed by atoms with van der Waals surface area (Å²) in [7, 11) is 0. The van der Waals surface area contributed by atoms with Crippen LogP contribution in [0.1, 0.15) is 19.4 Å². The molecular weight excluding hydrogens is 252 g/mol. The molecule has 1 aliphatic rings. The molecule has 0 amide bonds. The maximum atomic E-state index is 8.63. The number of allylic oxidation sites excluding steroid dienone is 1. The number of rotatable bonds is 3. The Morgan fingerprint density at radius 2 is 1.95 bits per heavy atom. The van der Waals surface area contributed by atoms with Crippen molar-refractivity contribution in [3.63, 3.8) is 0 Å². The van der Waals surface area contributed by atoms with Gasteiger partial charge in [0.1, 0.15) is 24.3 Å². The van der Waals surface area contributed by atoms with Crippen LogP contribution in [-0.2, 0) is 4.74 Å². The van der Waals surface area contributed by atoms with Crippen LogP contribution in [0.4, 0.5) is 5.69 Å². The Hall–Kier alpha value is -2.79. The van der Waals surface area contributed by atoms with E-state index in [1.807, 2.05) is 38.1 Å². The monoisotopic (exact) mass is 266 g/mol. The van der Waals surface area contributed by atoms with E-state index >= 15 is 0 Å². The summed E-state index contributed by atoms with van der Waals surface area (Å²) in [5.74, 6) is 0.645. The van der Waals surface area contributed by atoms with Gasteiger partial charge in [0.2, 0.25) is 5.90 Å². The highest BCUT2D eigenvalue weighted by Crippen LogP contribution is 2.21. The van der Waals surface area contributed by atoms with Gasteiger partial charge in [-0.05, 0) is 38.1 Å². The second-order valence-electron chi connectivity index (χ2n) is 5.02. The zero-order chi connectivity index (χ0) is 14.6. The van der Waals surface area contributed by atoms with Gasteiger partial charge >= 0.3 is 0 Å². The molecule has 1 aromatic rings. The molecule has 100 valence electrons. The van der Waals surface area contributed by atoms with E-state index in [9.17, 15) is 0 Å². The third-order valence-corrected chi connectivity index (χ3v) is 2.72. The van der Waals surface area contributed by atoms with Crippen LogP contribution in [0.5, 0.6) is 0 Å². The molecule has 2 rings (SSSR count). The lowest BCUT2D eigenvalue weighted by Crippen LogP contribution is -2.17. The van der Waals surface area contributed by atoms with Crippen molar-refractivity contribution < 1.29 is 4.74 Å². The summed E-state index contributed by atoms with van der Waals surface area (Å²) >= 11 is 0. The Morgan fingerprint density at radius 3 is 2.45 bits per heavy atom. The third-order valence-electron chi connectivity index (χ3n) is 2.72. The lowest BCUT2D eigenvalue weighted by Gasteiger charge is -2.07. The fourth-order valence-electron chi connectivity index (χ4n) is 1.69. The molecule has 1 aliphatic heterocycles. The first kappa shape index (κ1) is 13.6. The van der Waals surface area contributed by atoms with Crippen LogP contribution in [0.15, 0.2) is 41.0 Å². The van der Waals surface area contributed by atoms with E-state index in [0.29, 0.717) is 12.5 Å². The topological polar surface area (TPSA) is 81.2 Å². The molecule has 0 bridgehead atoms. The largest absolute Gasteiger partial charge is 0.475 e. The van der Waals surface area contributed by atoms with Crippen molar-refractivity contribution in [3.8, 4) is 12.1 Å². The van der Waals surface area contributed by atoms with Gasteiger partial charge in [-0.1, -0.05) is 0 Å². The average Bonchev–Trinajstić information content (AvgIpc) is 2.81. The van der Waals surface area contributed by atoms with Gasteiger partial charge in [-0.3, -0.25) is 0 Å². The molecule has 1 N–H and O–H groups in total. The van der Waals surface area contributed by atoms with Gasteiger partial charge in [0, 0.05) is 17.5 Å². The zero-order valence-corrected chi connectivity index (χ0v) is 11.3. The fraction of sp³-hybridized carbons (Fsp3) is 0.267. The van der Waals surface area contributed by atoms with Gasteiger partial charge in [-0.15, -0.1) is 0 Å². The van der Waals surface area contributed by atoms with Crippen LogP contribution < -0.4 is 5.32 Å². The first-order valence-electron chi connectivity index (χ1n) is 6.14. The van der Waals surface area contributed by atoms with Crippen molar-refractivity contribution in [2.24, 2.45) is 4.99 Å². The van der Waals surface area contributed by atoms with Crippen LogP contribution in [0, 0.1) is 22.7 Å². The van der Waals surface area contributed by atoms with Gasteiger partial charge < -0.3 is 10.1 Å². The summed E-state index contributed by atoms with van der Waals surface area (Å²) in [6.45, 7) is 4.62. The lowest BCUT2D eigenvalue weighted by atomic mass is 10.1. The molecule has 0 radical (unpaired) electrons. The van der Waals surface area contributed by atoms with Crippen LogP contribution in [-0.4, -0.2) is 18.0 Å². The predicted molar refractivity (Wildman–Crippen MR) is 75.9 cm³/mol. The highest BCUT2D eigenvalue weighted by Gasteiger charge is 2.26. The average molecular weight is 266 g/mol. The van der Waals surface area contributed by atoms with Crippen molar-refractivity contribution >= 4 is 11.6 Å². The van der Waals surface area contributed by atoms with E-state index in [-0.39, 0.29) is 11.1 Å². The van der Waals surface area contributed by atoms with E-state index in [0.717, 1.165) is 11.3 Å². The van der Waals surface area contributed by atoms with E-state index in [4.69, 9.17) is 15.3 Å². The number of ether oxygens (including phenoxy) is 1. The number of benzene rings is 1. The standard InChI is InChI=1S/C15H14N4O/c1-15(2)10-20-14(19-15)12-3-5-13(6-4-12)18-9-11(7-16)8-17/h3-6,9,18H,10H2,1-2H3. The molecule has 0 saturated carbocycles. The van der Waals surface area contributed by atoms with Gasteiger partial charge in [0.25, 0.3) is 0 Å². The fourth-order valence-corrected chi connectivity index (χ4v) is 1.69. The molecule has 0 saturated heterocycles. The summed E-state index contributed by atoms with van der Waals surface area (Å²) in [6, 6.07) is 11.0. The number of nitriles is 2. The lowest BCUT2D eigenvalue weighted by molar-refractivity contribution is 0.279. The normalized spacial score (nSPS) is 15.3. The molecule has 0 atom stereocenters. The van der Waals surface area contributed by atoms with Crippen LogP contribution >= 0.6 is 0 Å². The first-order valence-corrected chi connectivity index (χ1v) is 6.14. The second-order valence-corrected chi connectivity index (χ2v) is 5.02. The van der Waals surface area contributed by atoms with Crippen molar-refractivity contribution in [3.05, 3.63) is 41.6 Å². The molecule has 5 nitrogen and oxygen atoms in total. The van der Waals surface area contributed by atoms with E-state index in [2.05, 4.69) is 10.3 Å². The molecule has 0 aromatic heterocycles. The molecule has 0 unspecified atom stereocenters. The number of nitrogens with zero attached hydrogens (tertiary/aromatic N) is 3. The molecular formula is C15H14N4O. The van der Waals surface area contributed by atoms with Crippen LogP contribution in [0.2, 0.25) is 0 Å². The smallest absolute Gasteiger partial charge is 0.216 e. The second kappa shape index (κ2) is 5.46. The van der Waals surface area contributed by atoms with E-state index < -0.39 is 0 Å². The number of hydrogen-bond donors (Lipinski definition) is 1. The molecule has 0 fully saturated rings. The van der Waals surface area contributed by atoms with E-state index in [1.165, 1.54) is 6.20 Å². The summed E-state index contributed by atoms with van der Waals surface area (Å²) in [5.41, 5.74) is 1.54. The highest BCUT2D eigenvalue weighted by molar-refractivity contribution is 5.95. The molecule has 1 heterocycles. The van der Waals surface area contributed by atoms with Crippen molar-refractivity contribution in [2.45, 2.75) is 19.4 Å². The Bertz CT molecular complexity index is 626.